The number of rotatable bonds is 3. The number of ether oxygens (including phenoxy) is 2. The van der Waals surface area contributed by atoms with Gasteiger partial charge in [0, 0.05) is 5.02 Å². The number of benzene rings is 1. The first-order chi connectivity index (χ1) is 8.57. The van der Waals surface area contributed by atoms with E-state index in [9.17, 15) is 9.59 Å². The molecule has 0 heterocycles. The quantitative estimate of drug-likeness (QED) is 0.786. The first kappa shape index (κ1) is 12.9. The van der Waals surface area contributed by atoms with Crippen molar-refractivity contribution >= 4 is 23.5 Å². The van der Waals surface area contributed by atoms with Crippen LogP contribution in [0.25, 0.3) is 0 Å². The summed E-state index contributed by atoms with van der Waals surface area (Å²) in [6.07, 6.45) is 0.371. The van der Waals surface area contributed by atoms with E-state index >= 15 is 0 Å². The largest absolute Gasteiger partial charge is 0.469 e. The van der Waals surface area contributed by atoms with Crippen LogP contribution < -0.4 is 0 Å². The molecular formula is C13H13ClO4. The van der Waals surface area contributed by atoms with Crippen LogP contribution in [0.3, 0.4) is 0 Å². The Morgan fingerprint density at radius 2 is 1.94 bits per heavy atom. The molecule has 0 N–H and O–H groups in total. The molecule has 18 heavy (non-hydrogen) atoms. The predicted octanol–water partition coefficient (Wildman–Crippen LogP) is 1.94. The molecule has 1 saturated carbocycles. The van der Waals surface area contributed by atoms with Crippen LogP contribution in [0.5, 0.6) is 0 Å². The Bertz CT molecular complexity index is 500. The number of carbonyl (C=O) groups excluding carboxylic acids is 2. The Hall–Kier alpha value is -1.55. The first-order valence-electron chi connectivity index (χ1n) is 5.49. The van der Waals surface area contributed by atoms with E-state index in [1.807, 2.05) is 0 Å². The number of hydrogen-bond acceptors (Lipinski definition) is 4. The lowest BCUT2D eigenvalue weighted by Gasteiger charge is -2.16. The van der Waals surface area contributed by atoms with Crippen LogP contribution in [-0.4, -0.2) is 26.2 Å². The summed E-state index contributed by atoms with van der Waals surface area (Å²) in [4.78, 5) is 23.6. The van der Waals surface area contributed by atoms with Crippen LogP contribution >= 0.6 is 11.6 Å². The van der Waals surface area contributed by atoms with Crippen molar-refractivity contribution in [2.75, 3.05) is 14.2 Å². The van der Waals surface area contributed by atoms with Crippen LogP contribution in [-0.2, 0) is 24.5 Å². The molecule has 4 nitrogen and oxygen atoms in total. The first-order valence-corrected chi connectivity index (χ1v) is 5.87. The van der Waals surface area contributed by atoms with E-state index in [1.54, 1.807) is 24.3 Å². The minimum atomic E-state index is -0.986. The summed E-state index contributed by atoms with van der Waals surface area (Å²) >= 11 is 6.10. The zero-order valence-electron chi connectivity index (χ0n) is 10.1. The molecule has 0 bridgehead atoms. The van der Waals surface area contributed by atoms with Crippen molar-refractivity contribution in [2.24, 2.45) is 5.92 Å². The molecule has 1 aliphatic carbocycles. The summed E-state index contributed by atoms with van der Waals surface area (Å²) in [6, 6.07) is 6.97. The van der Waals surface area contributed by atoms with Gasteiger partial charge in [0.1, 0.15) is 5.41 Å². The highest BCUT2D eigenvalue weighted by Gasteiger charge is 2.67. The fourth-order valence-electron chi connectivity index (χ4n) is 2.33. The number of hydrogen-bond donors (Lipinski definition) is 0. The summed E-state index contributed by atoms with van der Waals surface area (Å²) in [5, 5.41) is 0.453. The van der Waals surface area contributed by atoms with Gasteiger partial charge in [0.2, 0.25) is 0 Å². The predicted molar refractivity (Wildman–Crippen MR) is 65.3 cm³/mol. The zero-order valence-corrected chi connectivity index (χ0v) is 10.9. The summed E-state index contributed by atoms with van der Waals surface area (Å²) in [6.45, 7) is 0. The molecule has 5 heteroatoms. The molecule has 1 fully saturated rings. The maximum Gasteiger partial charge on any atom is 0.317 e. The molecule has 2 atom stereocenters. The van der Waals surface area contributed by atoms with Crippen LogP contribution in [0.2, 0.25) is 5.02 Å². The maximum atomic E-state index is 12.0. The second-order valence-electron chi connectivity index (χ2n) is 4.22. The molecule has 1 aromatic rings. The van der Waals surface area contributed by atoms with Crippen molar-refractivity contribution in [2.45, 2.75) is 11.8 Å². The molecule has 1 aliphatic rings. The molecule has 0 radical (unpaired) electrons. The van der Waals surface area contributed by atoms with Gasteiger partial charge in [-0.3, -0.25) is 9.59 Å². The molecule has 2 unspecified atom stereocenters. The van der Waals surface area contributed by atoms with Gasteiger partial charge in [-0.2, -0.15) is 0 Å². The van der Waals surface area contributed by atoms with Crippen molar-refractivity contribution in [3.05, 3.63) is 34.9 Å². The molecule has 96 valence electrons. The van der Waals surface area contributed by atoms with Crippen molar-refractivity contribution in [3.63, 3.8) is 0 Å². The number of halogens is 1. The van der Waals surface area contributed by atoms with Gasteiger partial charge >= 0.3 is 11.9 Å². The van der Waals surface area contributed by atoms with Crippen LogP contribution in [0.4, 0.5) is 0 Å². The van der Waals surface area contributed by atoms with Crippen LogP contribution in [0, 0.1) is 5.92 Å². The molecular weight excluding hydrogens is 256 g/mol. The van der Waals surface area contributed by atoms with E-state index < -0.39 is 23.3 Å². The molecule has 0 aromatic heterocycles. The SMILES string of the molecule is COC(=O)C1CC1(C(=O)OC)c1ccccc1Cl. The summed E-state index contributed by atoms with van der Waals surface area (Å²) in [7, 11) is 2.60. The Morgan fingerprint density at radius 3 is 2.50 bits per heavy atom. The Labute approximate surface area is 110 Å². The second-order valence-corrected chi connectivity index (χ2v) is 4.63. The summed E-state index contributed by atoms with van der Waals surface area (Å²) in [5.41, 5.74) is -0.367. The third-order valence-electron chi connectivity index (χ3n) is 3.35. The standard InChI is InChI=1S/C13H13ClO4/c1-17-11(15)9-7-13(9,12(16)18-2)8-5-3-4-6-10(8)14/h3-6,9H,7H2,1-2H3. The lowest BCUT2D eigenvalue weighted by Crippen LogP contribution is -2.27. The highest BCUT2D eigenvalue weighted by molar-refractivity contribution is 6.32. The van der Waals surface area contributed by atoms with Crippen molar-refractivity contribution in [1.29, 1.82) is 0 Å². The zero-order chi connectivity index (χ0) is 13.3. The van der Waals surface area contributed by atoms with Crippen molar-refractivity contribution in [3.8, 4) is 0 Å². The van der Waals surface area contributed by atoms with E-state index in [2.05, 4.69) is 0 Å². The van der Waals surface area contributed by atoms with Gasteiger partial charge in [0.05, 0.1) is 20.1 Å². The molecule has 0 spiro atoms. The summed E-state index contributed by atoms with van der Waals surface area (Å²) in [5.74, 6) is -1.39. The topological polar surface area (TPSA) is 52.6 Å². The minimum Gasteiger partial charge on any atom is -0.469 e. The highest BCUT2D eigenvalue weighted by Crippen LogP contribution is 2.57. The minimum absolute atomic E-state index is 0.371. The van der Waals surface area contributed by atoms with E-state index in [0.717, 1.165) is 0 Å². The van der Waals surface area contributed by atoms with Gasteiger partial charge in [-0.05, 0) is 18.1 Å². The van der Waals surface area contributed by atoms with Crippen molar-refractivity contribution < 1.29 is 19.1 Å². The third kappa shape index (κ3) is 1.77. The van der Waals surface area contributed by atoms with Gasteiger partial charge in [-0.1, -0.05) is 29.8 Å². The maximum absolute atomic E-state index is 12.0. The smallest absolute Gasteiger partial charge is 0.317 e. The van der Waals surface area contributed by atoms with Crippen molar-refractivity contribution in [1.82, 2.24) is 0 Å². The summed E-state index contributed by atoms with van der Waals surface area (Å²) < 4.78 is 9.50. The lowest BCUT2D eigenvalue weighted by atomic mass is 9.93. The second kappa shape index (κ2) is 4.61. The Balaban J connectivity index is 2.44. The van der Waals surface area contributed by atoms with E-state index in [-0.39, 0.29) is 0 Å². The molecule has 0 amide bonds. The van der Waals surface area contributed by atoms with Crippen LogP contribution in [0.1, 0.15) is 12.0 Å². The van der Waals surface area contributed by atoms with E-state index in [1.165, 1.54) is 14.2 Å². The fourth-order valence-corrected chi connectivity index (χ4v) is 2.63. The van der Waals surface area contributed by atoms with Crippen LogP contribution in [0.15, 0.2) is 24.3 Å². The van der Waals surface area contributed by atoms with Gasteiger partial charge in [-0.25, -0.2) is 0 Å². The van der Waals surface area contributed by atoms with Gasteiger partial charge in [0.25, 0.3) is 0 Å². The highest BCUT2D eigenvalue weighted by atomic mass is 35.5. The molecule has 0 saturated heterocycles. The fraction of sp³-hybridized carbons (Fsp3) is 0.385. The van der Waals surface area contributed by atoms with Gasteiger partial charge < -0.3 is 9.47 Å². The molecule has 2 rings (SSSR count). The third-order valence-corrected chi connectivity index (χ3v) is 3.68. The molecule has 1 aromatic carbocycles. The Kier molecular flexibility index (Phi) is 3.30. The lowest BCUT2D eigenvalue weighted by molar-refractivity contribution is -0.149. The monoisotopic (exact) mass is 268 g/mol. The normalized spacial score (nSPS) is 25.4. The van der Waals surface area contributed by atoms with Gasteiger partial charge in [-0.15, -0.1) is 0 Å². The number of methoxy groups -OCH3 is 2. The average Bonchev–Trinajstić information content (AvgIpc) is 3.14. The van der Waals surface area contributed by atoms with E-state index in [4.69, 9.17) is 21.1 Å². The van der Waals surface area contributed by atoms with Gasteiger partial charge in [0.15, 0.2) is 0 Å². The number of carbonyl (C=O) groups is 2. The number of esters is 2. The average molecular weight is 269 g/mol. The Morgan fingerprint density at radius 1 is 1.28 bits per heavy atom. The molecule has 0 aliphatic heterocycles. The van der Waals surface area contributed by atoms with E-state index in [0.29, 0.717) is 17.0 Å².